The molecule has 1 heterocycles. The van der Waals surface area contributed by atoms with Gasteiger partial charge in [0, 0.05) is 24.0 Å². The predicted octanol–water partition coefficient (Wildman–Crippen LogP) is 3.17. The van der Waals surface area contributed by atoms with Crippen LogP contribution in [-0.2, 0) is 18.9 Å². The highest BCUT2D eigenvalue weighted by Crippen LogP contribution is 2.29. The topological polar surface area (TPSA) is 30.9 Å². The maximum Gasteiger partial charge on any atom is 0.290 e. The fraction of sp³-hybridized carbons (Fsp3) is 0.333. The van der Waals surface area contributed by atoms with Gasteiger partial charge in [-0.2, -0.15) is 8.78 Å². The van der Waals surface area contributed by atoms with Crippen molar-refractivity contribution in [3.05, 3.63) is 59.9 Å². The molecule has 0 aliphatic rings. The first-order chi connectivity index (χ1) is 8.97. The van der Waals surface area contributed by atoms with Crippen LogP contribution in [0.4, 0.5) is 8.78 Å². The van der Waals surface area contributed by atoms with E-state index in [9.17, 15) is 8.78 Å². The number of benzene rings is 1. The molecule has 0 amide bonds. The Bertz CT molecular complexity index is 518. The molecule has 0 saturated heterocycles. The Morgan fingerprint density at radius 3 is 2.53 bits per heavy atom. The van der Waals surface area contributed by atoms with Crippen LogP contribution in [0.1, 0.15) is 18.1 Å². The maximum absolute atomic E-state index is 14.1. The molecule has 1 aromatic heterocycles. The Morgan fingerprint density at radius 2 is 1.89 bits per heavy atom. The van der Waals surface area contributed by atoms with E-state index < -0.39 is 5.92 Å². The molecule has 1 unspecified atom stereocenters. The molecule has 1 aromatic carbocycles. The SMILES string of the molecule is CC(N)Cc1ccn(CC(F)(F)c2ccccc2)c1. The Balaban J connectivity index is 2.10. The van der Waals surface area contributed by atoms with Crippen LogP contribution in [0.5, 0.6) is 0 Å². The molecule has 0 bridgehead atoms. The Hall–Kier alpha value is -1.68. The van der Waals surface area contributed by atoms with E-state index in [0.717, 1.165) is 5.56 Å². The van der Waals surface area contributed by atoms with Crippen LogP contribution < -0.4 is 5.73 Å². The van der Waals surface area contributed by atoms with Crippen molar-refractivity contribution in [3.63, 3.8) is 0 Å². The van der Waals surface area contributed by atoms with Gasteiger partial charge in [0.25, 0.3) is 5.92 Å². The Morgan fingerprint density at radius 1 is 1.21 bits per heavy atom. The van der Waals surface area contributed by atoms with Crippen molar-refractivity contribution in [2.45, 2.75) is 31.9 Å². The van der Waals surface area contributed by atoms with E-state index in [-0.39, 0.29) is 18.2 Å². The molecule has 0 fully saturated rings. The molecule has 4 heteroatoms. The number of rotatable bonds is 5. The zero-order chi connectivity index (χ0) is 13.9. The van der Waals surface area contributed by atoms with Gasteiger partial charge in [-0.15, -0.1) is 0 Å². The van der Waals surface area contributed by atoms with E-state index in [2.05, 4.69) is 0 Å². The first kappa shape index (κ1) is 13.7. The average molecular weight is 264 g/mol. The van der Waals surface area contributed by atoms with Crippen molar-refractivity contribution in [1.82, 2.24) is 4.57 Å². The molecule has 1 atom stereocenters. The number of hydrogen-bond donors (Lipinski definition) is 1. The molecular weight excluding hydrogens is 246 g/mol. The largest absolute Gasteiger partial charge is 0.348 e. The van der Waals surface area contributed by atoms with Gasteiger partial charge in [-0.3, -0.25) is 0 Å². The van der Waals surface area contributed by atoms with Gasteiger partial charge >= 0.3 is 0 Å². The summed E-state index contributed by atoms with van der Waals surface area (Å²) in [5.74, 6) is -2.87. The maximum atomic E-state index is 14.1. The zero-order valence-corrected chi connectivity index (χ0v) is 10.9. The Labute approximate surface area is 111 Å². The van der Waals surface area contributed by atoms with Gasteiger partial charge < -0.3 is 10.3 Å². The monoisotopic (exact) mass is 264 g/mol. The van der Waals surface area contributed by atoms with Crippen LogP contribution in [0, 0.1) is 0 Å². The summed E-state index contributed by atoms with van der Waals surface area (Å²) in [6, 6.07) is 9.76. The fourth-order valence-electron chi connectivity index (χ4n) is 2.08. The smallest absolute Gasteiger partial charge is 0.290 e. The van der Waals surface area contributed by atoms with Crippen LogP contribution >= 0.6 is 0 Å². The summed E-state index contributed by atoms with van der Waals surface area (Å²) in [6.07, 6.45) is 4.11. The van der Waals surface area contributed by atoms with Gasteiger partial charge in [-0.1, -0.05) is 30.3 Å². The number of alkyl halides is 2. The standard InChI is InChI=1S/C15H18F2N2/c1-12(18)9-13-7-8-19(10-13)11-15(16,17)14-5-3-2-4-6-14/h2-8,10,12H,9,11,18H2,1H3. The van der Waals surface area contributed by atoms with Gasteiger partial charge in [0.05, 0.1) is 6.54 Å². The third-order valence-corrected chi connectivity index (χ3v) is 2.95. The summed E-state index contributed by atoms with van der Waals surface area (Å²) < 4.78 is 29.7. The molecule has 0 spiro atoms. The molecule has 2 rings (SSSR count). The van der Waals surface area contributed by atoms with Gasteiger partial charge in [-0.05, 0) is 25.0 Å². The van der Waals surface area contributed by atoms with Crippen molar-refractivity contribution >= 4 is 0 Å². The highest BCUT2D eigenvalue weighted by Gasteiger charge is 2.31. The fourth-order valence-corrected chi connectivity index (χ4v) is 2.08. The van der Waals surface area contributed by atoms with Crippen LogP contribution in [0.15, 0.2) is 48.8 Å². The molecule has 2 aromatic rings. The molecule has 0 saturated carbocycles. The number of hydrogen-bond acceptors (Lipinski definition) is 1. The minimum atomic E-state index is -2.87. The van der Waals surface area contributed by atoms with Crippen molar-refractivity contribution in [2.75, 3.05) is 0 Å². The first-order valence-electron chi connectivity index (χ1n) is 6.31. The van der Waals surface area contributed by atoms with Crippen molar-refractivity contribution in [2.24, 2.45) is 5.73 Å². The molecular formula is C15H18F2N2. The van der Waals surface area contributed by atoms with Crippen LogP contribution in [-0.4, -0.2) is 10.6 Å². The van der Waals surface area contributed by atoms with Gasteiger partial charge in [0.2, 0.25) is 0 Å². The third-order valence-electron chi connectivity index (χ3n) is 2.95. The average Bonchev–Trinajstić information content (AvgIpc) is 2.76. The van der Waals surface area contributed by atoms with Gasteiger partial charge in [-0.25, -0.2) is 0 Å². The molecule has 0 aliphatic carbocycles. The second kappa shape index (κ2) is 5.53. The third kappa shape index (κ3) is 3.64. The van der Waals surface area contributed by atoms with Crippen LogP contribution in [0.2, 0.25) is 0 Å². The van der Waals surface area contributed by atoms with Crippen molar-refractivity contribution in [1.29, 1.82) is 0 Å². The summed E-state index contributed by atoms with van der Waals surface area (Å²) in [7, 11) is 0. The first-order valence-corrected chi connectivity index (χ1v) is 6.31. The second-order valence-electron chi connectivity index (χ2n) is 4.94. The quantitative estimate of drug-likeness (QED) is 0.883. The molecule has 0 radical (unpaired) electrons. The van der Waals surface area contributed by atoms with Gasteiger partial charge in [0.1, 0.15) is 0 Å². The molecule has 2 N–H and O–H groups in total. The summed E-state index contributed by atoms with van der Waals surface area (Å²) in [5, 5.41) is 0. The van der Waals surface area contributed by atoms with E-state index in [1.165, 1.54) is 16.7 Å². The van der Waals surface area contributed by atoms with E-state index in [0.29, 0.717) is 6.42 Å². The summed E-state index contributed by atoms with van der Waals surface area (Å²) in [6.45, 7) is 1.55. The van der Waals surface area contributed by atoms with Crippen LogP contribution in [0.3, 0.4) is 0 Å². The Kier molecular flexibility index (Phi) is 4.00. The lowest BCUT2D eigenvalue weighted by atomic mass is 10.1. The highest BCUT2D eigenvalue weighted by molar-refractivity contribution is 5.20. The number of nitrogens with two attached hydrogens (primary N) is 1. The number of nitrogens with zero attached hydrogens (tertiary/aromatic N) is 1. The zero-order valence-electron chi connectivity index (χ0n) is 10.9. The van der Waals surface area contributed by atoms with E-state index in [1.807, 2.05) is 13.0 Å². The number of halogens is 2. The molecule has 0 aliphatic heterocycles. The minimum absolute atomic E-state index is 0.0329. The summed E-state index contributed by atoms with van der Waals surface area (Å²) >= 11 is 0. The van der Waals surface area contributed by atoms with E-state index in [4.69, 9.17) is 5.73 Å². The normalized spacial score (nSPS) is 13.5. The summed E-state index contributed by atoms with van der Waals surface area (Å²) in [5.41, 5.74) is 6.72. The lowest BCUT2D eigenvalue weighted by molar-refractivity contribution is -0.0221. The van der Waals surface area contributed by atoms with Crippen LogP contribution in [0.25, 0.3) is 0 Å². The van der Waals surface area contributed by atoms with Crippen molar-refractivity contribution in [3.8, 4) is 0 Å². The highest BCUT2D eigenvalue weighted by atomic mass is 19.3. The van der Waals surface area contributed by atoms with Gasteiger partial charge in [0.15, 0.2) is 0 Å². The lowest BCUT2D eigenvalue weighted by Gasteiger charge is -2.17. The van der Waals surface area contributed by atoms with Crippen molar-refractivity contribution < 1.29 is 8.78 Å². The molecule has 102 valence electrons. The predicted molar refractivity (Wildman–Crippen MR) is 72.1 cm³/mol. The minimum Gasteiger partial charge on any atom is -0.348 e. The molecule has 19 heavy (non-hydrogen) atoms. The van der Waals surface area contributed by atoms with E-state index >= 15 is 0 Å². The molecule has 2 nitrogen and oxygen atoms in total. The van der Waals surface area contributed by atoms with E-state index in [1.54, 1.807) is 30.6 Å². The summed E-state index contributed by atoms with van der Waals surface area (Å²) in [4.78, 5) is 0. The lowest BCUT2D eigenvalue weighted by Crippen LogP contribution is -2.20. The number of aromatic nitrogens is 1. The second-order valence-corrected chi connectivity index (χ2v) is 4.94.